The number of fused-ring (bicyclic) bond motifs is 1. The molecule has 2 bridgehead atoms. The fourth-order valence-electron chi connectivity index (χ4n) is 8.26. The molecule has 0 saturated carbocycles. The molecule has 3 aliphatic heterocycles. The molecule has 0 aromatic heterocycles. The van der Waals surface area contributed by atoms with Crippen LogP contribution in [0.4, 0.5) is 5.69 Å². The molecule has 256 valence electrons. The van der Waals surface area contributed by atoms with Gasteiger partial charge < -0.3 is 29.3 Å². The van der Waals surface area contributed by atoms with Gasteiger partial charge in [-0.05, 0) is 62.1 Å². The molecule has 3 aliphatic rings. The molecule has 2 unspecified atom stereocenters. The van der Waals surface area contributed by atoms with Crippen molar-refractivity contribution in [2.75, 3.05) is 31.2 Å². The molecule has 3 heterocycles. The van der Waals surface area contributed by atoms with E-state index in [4.69, 9.17) is 9.47 Å². The van der Waals surface area contributed by atoms with Crippen molar-refractivity contribution in [2.45, 2.75) is 56.5 Å². The van der Waals surface area contributed by atoms with Gasteiger partial charge in [0.2, 0.25) is 17.7 Å². The predicted molar refractivity (Wildman–Crippen MR) is 188 cm³/mol. The van der Waals surface area contributed by atoms with Crippen molar-refractivity contribution < 1.29 is 29.0 Å². The van der Waals surface area contributed by atoms with E-state index in [0.717, 1.165) is 5.56 Å². The Morgan fingerprint density at radius 3 is 2.24 bits per heavy atom. The standard InChI is InChI=1S/C40H45N3O6/c1-5-24-41(26-28-14-10-8-11-15-28)38(47)35-40-23-22-39(4,49-40)33(34(40)37(46)43(35)32(27-44)29-16-12-9-13-17-29)36(45)42(25-6-2)30-18-20-31(21-19-30)48-7-3/h5-6,8-21,32-35,44H,1-2,7,22-27H2,3-4H3/t32-,33-,34+,35?,39+,40?/m1/s1. The lowest BCUT2D eigenvalue weighted by Crippen LogP contribution is -2.57. The second kappa shape index (κ2) is 14.0. The number of hydrogen-bond donors (Lipinski definition) is 1. The van der Waals surface area contributed by atoms with Gasteiger partial charge in [-0.2, -0.15) is 0 Å². The van der Waals surface area contributed by atoms with E-state index >= 15 is 4.79 Å². The molecule has 49 heavy (non-hydrogen) atoms. The van der Waals surface area contributed by atoms with E-state index in [9.17, 15) is 14.7 Å². The molecule has 9 heteroatoms. The number of aliphatic hydroxyl groups excluding tert-OH is 1. The zero-order valence-electron chi connectivity index (χ0n) is 28.2. The maximum atomic E-state index is 15.0. The van der Waals surface area contributed by atoms with Crippen LogP contribution in [0.2, 0.25) is 0 Å². The molecule has 3 aromatic rings. The molecule has 9 nitrogen and oxygen atoms in total. The van der Waals surface area contributed by atoms with Gasteiger partial charge in [0.25, 0.3) is 0 Å². The summed E-state index contributed by atoms with van der Waals surface area (Å²) in [6, 6.07) is 24.2. The van der Waals surface area contributed by atoms with E-state index in [2.05, 4.69) is 13.2 Å². The highest BCUT2D eigenvalue weighted by atomic mass is 16.5. The molecule has 6 rings (SSSR count). The summed E-state index contributed by atoms with van der Waals surface area (Å²) in [4.78, 5) is 49.7. The summed E-state index contributed by atoms with van der Waals surface area (Å²) < 4.78 is 12.6. The van der Waals surface area contributed by atoms with Crippen LogP contribution in [0, 0.1) is 11.8 Å². The summed E-state index contributed by atoms with van der Waals surface area (Å²) in [6.45, 7) is 12.5. The number of hydrogen-bond acceptors (Lipinski definition) is 6. The number of nitrogens with zero attached hydrogens (tertiary/aromatic N) is 3. The average molecular weight is 664 g/mol. The van der Waals surface area contributed by atoms with Crippen molar-refractivity contribution in [3.05, 3.63) is 121 Å². The Hall–Kier alpha value is -4.73. The number of aliphatic hydroxyl groups is 1. The Morgan fingerprint density at radius 2 is 1.63 bits per heavy atom. The molecule has 3 fully saturated rings. The summed E-state index contributed by atoms with van der Waals surface area (Å²) in [5.74, 6) is -2.08. The van der Waals surface area contributed by atoms with Gasteiger partial charge in [-0.25, -0.2) is 0 Å². The van der Waals surface area contributed by atoms with E-state index in [-0.39, 0.29) is 30.8 Å². The van der Waals surface area contributed by atoms with Gasteiger partial charge in [-0.1, -0.05) is 72.8 Å². The van der Waals surface area contributed by atoms with Crippen molar-refractivity contribution in [2.24, 2.45) is 11.8 Å². The first-order chi connectivity index (χ1) is 23.7. The number of likely N-dealkylation sites (tertiary alicyclic amines) is 1. The number of rotatable bonds is 14. The highest BCUT2D eigenvalue weighted by Gasteiger charge is 2.79. The van der Waals surface area contributed by atoms with Crippen LogP contribution in [0.25, 0.3) is 0 Å². The molecule has 3 aromatic carbocycles. The SMILES string of the molecule is C=CCN(Cc1ccccc1)C(=O)C1N([C@H](CO)c2ccccc2)C(=O)[C@@H]2[C@H](C(=O)N(CC=C)c3ccc(OCC)cc3)[C@]3(C)CCC12O3. The Morgan fingerprint density at radius 1 is 0.980 bits per heavy atom. The highest BCUT2D eigenvalue weighted by Crippen LogP contribution is 2.64. The van der Waals surface area contributed by atoms with Gasteiger partial charge >= 0.3 is 0 Å². The smallest absolute Gasteiger partial charge is 0.249 e. The third-order valence-corrected chi connectivity index (χ3v) is 10.3. The Labute approximate surface area is 288 Å². The van der Waals surface area contributed by atoms with Gasteiger partial charge in [0.15, 0.2) is 0 Å². The minimum Gasteiger partial charge on any atom is -0.494 e. The van der Waals surface area contributed by atoms with Gasteiger partial charge in [-0.3, -0.25) is 14.4 Å². The zero-order valence-corrected chi connectivity index (χ0v) is 28.2. The van der Waals surface area contributed by atoms with Crippen LogP contribution in [0.5, 0.6) is 5.75 Å². The summed E-state index contributed by atoms with van der Waals surface area (Å²) >= 11 is 0. The second-order valence-electron chi connectivity index (χ2n) is 13.2. The third kappa shape index (κ3) is 5.95. The molecule has 6 atom stereocenters. The monoisotopic (exact) mass is 663 g/mol. The lowest BCUT2D eigenvalue weighted by molar-refractivity contribution is -0.155. The largest absolute Gasteiger partial charge is 0.494 e. The Kier molecular flexibility index (Phi) is 9.77. The first-order valence-corrected chi connectivity index (χ1v) is 17.0. The molecular formula is C40H45N3O6. The van der Waals surface area contributed by atoms with E-state index in [1.807, 2.05) is 98.8 Å². The molecule has 0 radical (unpaired) electrons. The number of benzene rings is 3. The third-order valence-electron chi connectivity index (χ3n) is 10.3. The average Bonchev–Trinajstić information content (AvgIpc) is 3.69. The van der Waals surface area contributed by atoms with Crippen molar-refractivity contribution in [1.82, 2.24) is 9.80 Å². The minimum atomic E-state index is -1.28. The van der Waals surface area contributed by atoms with Crippen LogP contribution in [0.1, 0.15) is 43.9 Å². The maximum absolute atomic E-state index is 15.0. The van der Waals surface area contributed by atoms with Crippen molar-refractivity contribution >= 4 is 23.4 Å². The van der Waals surface area contributed by atoms with Crippen LogP contribution in [-0.4, -0.2) is 76.2 Å². The molecule has 1 spiro atoms. The Bertz CT molecular complexity index is 1680. The number of anilines is 1. The molecule has 0 aliphatic carbocycles. The number of carbonyl (C=O) groups is 3. The highest BCUT2D eigenvalue weighted by molar-refractivity contribution is 6.03. The molecule has 3 amide bonds. The van der Waals surface area contributed by atoms with Crippen LogP contribution in [-0.2, 0) is 25.7 Å². The normalized spacial score (nSPS) is 25.8. The van der Waals surface area contributed by atoms with E-state index in [1.165, 1.54) is 4.90 Å². The van der Waals surface area contributed by atoms with Crippen LogP contribution in [0.3, 0.4) is 0 Å². The van der Waals surface area contributed by atoms with E-state index in [1.54, 1.807) is 22.0 Å². The summed E-state index contributed by atoms with van der Waals surface area (Å²) in [6.07, 6.45) is 4.23. The topological polar surface area (TPSA) is 99.6 Å². The summed E-state index contributed by atoms with van der Waals surface area (Å²) in [5, 5.41) is 10.9. The first-order valence-electron chi connectivity index (χ1n) is 17.0. The van der Waals surface area contributed by atoms with Crippen LogP contribution in [0.15, 0.2) is 110 Å². The lowest BCUT2D eigenvalue weighted by atomic mass is 9.66. The van der Waals surface area contributed by atoms with Crippen LogP contribution >= 0.6 is 0 Å². The summed E-state index contributed by atoms with van der Waals surface area (Å²) in [7, 11) is 0. The quantitative estimate of drug-likeness (QED) is 0.235. The minimum absolute atomic E-state index is 0.215. The zero-order chi connectivity index (χ0) is 34.8. The first kappa shape index (κ1) is 34.1. The maximum Gasteiger partial charge on any atom is 0.249 e. The number of ether oxygens (including phenoxy) is 2. The fourth-order valence-corrected chi connectivity index (χ4v) is 8.26. The second-order valence-corrected chi connectivity index (χ2v) is 13.2. The predicted octanol–water partition coefficient (Wildman–Crippen LogP) is 5.32. The van der Waals surface area contributed by atoms with Crippen molar-refractivity contribution in [1.29, 1.82) is 0 Å². The van der Waals surface area contributed by atoms with E-state index < -0.39 is 41.7 Å². The van der Waals surface area contributed by atoms with Gasteiger partial charge in [0.1, 0.15) is 17.4 Å². The van der Waals surface area contributed by atoms with Crippen molar-refractivity contribution in [3.63, 3.8) is 0 Å². The van der Waals surface area contributed by atoms with Crippen LogP contribution < -0.4 is 9.64 Å². The van der Waals surface area contributed by atoms with Gasteiger partial charge in [0.05, 0.1) is 36.7 Å². The number of amides is 3. The Balaban J connectivity index is 1.45. The van der Waals surface area contributed by atoms with Gasteiger partial charge in [0, 0.05) is 25.3 Å². The molecular weight excluding hydrogens is 618 g/mol. The lowest BCUT2D eigenvalue weighted by Gasteiger charge is -2.39. The van der Waals surface area contributed by atoms with Gasteiger partial charge in [-0.15, -0.1) is 13.2 Å². The molecule has 1 N–H and O–H groups in total. The fraction of sp³-hybridized carbons (Fsp3) is 0.375. The van der Waals surface area contributed by atoms with Crippen molar-refractivity contribution in [3.8, 4) is 5.75 Å². The van der Waals surface area contributed by atoms with E-state index in [0.29, 0.717) is 43.0 Å². The number of carbonyl (C=O) groups excluding carboxylic acids is 3. The molecule has 3 saturated heterocycles. The summed E-state index contributed by atoms with van der Waals surface area (Å²) in [5.41, 5.74) is -0.00763.